The van der Waals surface area contributed by atoms with Gasteiger partial charge in [0, 0.05) is 11.1 Å². The molecule has 0 saturated heterocycles. The first-order valence-corrected chi connectivity index (χ1v) is 11.5. The zero-order chi connectivity index (χ0) is 24.6. The van der Waals surface area contributed by atoms with Crippen molar-refractivity contribution in [1.29, 1.82) is 0 Å². The van der Waals surface area contributed by atoms with Crippen LogP contribution in [0.4, 0.5) is 0 Å². The highest BCUT2D eigenvalue weighted by Gasteiger charge is 2.16. The fraction of sp³-hybridized carbons (Fsp3) is 0.107. The van der Waals surface area contributed by atoms with Gasteiger partial charge in [-0.3, -0.25) is 4.79 Å². The molecule has 0 saturated carbocycles. The molecule has 1 N–H and O–H groups in total. The Morgan fingerprint density at radius 3 is 2.46 bits per heavy atom. The van der Waals surface area contributed by atoms with Crippen LogP contribution in [-0.4, -0.2) is 24.7 Å². The predicted molar refractivity (Wildman–Crippen MR) is 138 cm³/mol. The Morgan fingerprint density at radius 1 is 0.943 bits per heavy atom. The molecule has 0 aliphatic heterocycles. The first-order valence-electron chi connectivity index (χ1n) is 11.1. The smallest absolute Gasteiger partial charge is 0.345 e. The lowest BCUT2D eigenvalue weighted by Gasteiger charge is -2.11. The van der Waals surface area contributed by atoms with Gasteiger partial charge in [0.25, 0.3) is 5.91 Å². The second kappa shape index (κ2) is 11.3. The maximum absolute atomic E-state index is 12.8. The number of esters is 1. The third-order valence-electron chi connectivity index (χ3n) is 5.18. The van der Waals surface area contributed by atoms with Crippen molar-refractivity contribution in [2.24, 2.45) is 5.10 Å². The highest BCUT2D eigenvalue weighted by molar-refractivity contribution is 6.33. The molecule has 4 aromatic carbocycles. The molecule has 4 rings (SSSR count). The Balaban J connectivity index is 1.56. The number of nitrogens with zero attached hydrogens (tertiary/aromatic N) is 1. The van der Waals surface area contributed by atoms with Crippen molar-refractivity contribution in [3.05, 3.63) is 107 Å². The molecule has 176 valence electrons. The van der Waals surface area contributed by atoms with Crippen LogP contribution in [0.25, 0.3) is 10.8 Å². The molecule has 7 heteroatoms. The summed E-state index contributed by atoms with van der Waals surface area (Å²) in [5.74, 6) is 0.0322. The van der Waals surface area contributed by atoms with Crippen molar-refractivity contribution in [3.8, 4) is 11.5 Å². The number of fused-ring (bicyclic) bond motifs is 1. The van der Waals surface area contributed by atoms with E-state index in [-0.39, 0.29) is 11.5 Å². The van der Waals surface area contributed by atoms with Crippen LogP contribution >= 0.6 is 11.6 Å². The van der Waals surface area contributed by atoms with Gasteiger partial charge in [0.15, 0.2) is 0 Å². The number of benzene rings is 4. The second-order valence-electron chi connectivity index (χ2n) is 7.64. The highest BCUT2D eigenvalue weighted by atomic mass is 35.5. The van der Waals surface area contributed by atoms with Crippen molar-refractivity contribution in [2.45, 2.75) is 13.3 Å². The summed E-state index contributed by atoms with van der Waals surface area (Å²) in [5.41, 5.74) is 3.77. The summed E-state index contributed by atoms with van der Waals surface area (Å²) >= 11 is 6.15. The highest BCUT2D eigenvalue weighted by Crippen LogP contribution is 2.28. The van der Waals surface area contributed by atoms with Gasteiger partial charge in [-0.15, -0.1) is 0 Å². The topological polar surface area (TPSA) is 77.0 Å². The van der Waals surface area contributed by atoms with Crippen LogP contribution in [0.3, 0.4) is 0 Å². The van der Waals surface area contributed by atoms with Crippen LogP contribution in [-0.2, 0) is 0 Å². The van der Waals surface area contributed by atoms with Crippen LogP contribution in [0.5, 0.6) is 11.5 Å². The molecule has 4 aromatic rings. The SMILES string of the molecule is CCCOc1ccc(C(=O)N/N=C/c2c(OC(=O)c3ccccc3Cl)ccc3ccccc23)cc1. The number of nitrogens with one attached hydrogen (secondary N) is 1. The number of hydrazone groups is 1. The van der Waals surface area contributed by atoms with Crippen LogP contribution in [0.15, 0.2) is 90.0 Å². The van der Waals surface area contributed by atoms with Gasteiger partial charge in [0.05, 0.1) is 23.4 Å². The van der Waals surface area contributed by atoms with E-state index < -0.39 is 5.97 Å². The lowest BCUT2D eigenvalue weighted by Crippen LogP contribution is -2.17. The molecule has 0 radical (unpaired) electrons. The van der Waals surface area contributed by atoms with Crippen molar-refractivity contribution in [1.82, 2.24) is 5.43 Å². The van der Waals surface area contributed by atoms with E-state index >= 15 is 0 Å². The van der Waals surface area contributed by atoms with Crippen molar-refractivity contribution >= 4 is 40.5 Å². The minimum atomic E-state index is -0.588. The third-order valence-corrected chi connectivity index (χ3v) is 5.51. The fourth-order valence-electron chi connectivity index (χ4n) is 3.42. The lowest BCUT2D eigenvalue weighted by atomic mass is 10.0. The third kappa shape index (κ3) is 5.86. The number of amides is 1. The summed E-state index contributed by atoms with van der Waals surface area (Å²) in [6.45, 7) is 2.64. The molecule has 0 fully saturated rings. The number of rotatable bonds is 8. The first-order chi connectivity index (χ1) is 17.1. The molecular weight excluding hydrogens is 464 g/mol. The Hall–Kier alpha value is -4.16. The van der Waals surface area contributed by atoms with E-state index in [1.807, 2.05) is 37.3 Å². The summed E-state index contributed by atoms with van der Waals surface area (Å²) in [7, 11) is 0. The van der Waals surface area contributed by atoms with Crippen molar-refractivity contribution in [3.63, 3.8) is 0 Å². The number of ether oxygens (including phenoxy) is 2. The minimum Gasteiger partial charge on any atom is -0.494 e. The Morgan fingerprint density at radius 2 is 1.69 bits per heavy atom. The van der Waals surface area contributed by atoms with E-state index in [4.69, 9.17) is 21.1 Å². The van der Waals surface area contributed by atoms with Crippen molar-refractivity contribution in [2.75, 3.05) is 6.61 Å². The molecule has 35 heavy (non-hydrogen) atoms. The van der Waals surface area contributed by atoms with Crippen LogP contribution in [0.1, 0.15) is 39.6 Å². The minimum absolute atomic E-state index is 0.255. The summed E-state index contributed by atoms with van der Waals surface area (Å²) in [6.07, 6.45) is 2.37. The summed E-state index contributed by atoms with van der Waals surface area (Å²) in [4.78, 5) is 25.3. The van der Waals surface area contributed by atoms with Gasteiger partial charge in [0.2, 0.25) is 0 Å². The zero-order valence-corrected chi connectivity index (χ0v) is 19.8. The quantitative estimate of drug-likeness (QED) is 0.138. The van der Waals surface area contributed by atoms with E-state index in [0.29, 0.717) is 34.3 Å². The second-order valence-corrected chi connectivity index (χ2v) is 8.05. The van der Waals surface area contributed by atoms with Crippen molar-refractivity contribution < 1.29 is 19.1 Å². The van der Waals surface area contributed by atoms with E-state index in [0.717, 1.165) is 17.2 Å². The standard InChI is InChI=1S/C28H23ClN2O4/c1-2-17-34-21-14-11-20(12-15-21)27(32)31-30-18-24-22-8-4-3-7-19(22)13-16-26(24)35-28(33)23-9-5-6-10-25(23)29/h3-16,18H,2,17H2,1H3,(H,31,32)/b30-18+. The molecule has 0 aliphatic carbocycles. The molecular formula is C28H23ClN2O4. The fourth-order valence-corrected chi connectivity index (χ4v) is 3.63. The van der Waals surface area contributed by atoms with Gasteiger partial charge in [-0.05, 0) is 59.7 Å². The van der Waals surface area contributed by atoms with E-state index in [9.17, 15) is 9.59 Å². The average molecular weight is 487 g/mol. The maximum atomic E-state index is 12.8. The number of hydrogen-bond acceptors (Lipinski definition) is 5. The van der Waals surface area contributed by atoms with Gasteiger partial charge in [-0.25, -0.2) is 10.2 Å². The monoisotopic (exact) mass is 486 g/mol. The molecule has 0 aromatic heterocycles. The molecule has 0 bridgehead atoms. The largest absolute Gasteiger partial charge is 0.494 e. The summed E-state index contributed by atoms with van der Waals surface area (Å²) in [6, 6.07) is 24.6. The van der Waals surface area contributed by atoms with Crippen LogP contribution < -0.4 is 14.9 Å². The van der Waals surface area contributed by atoms with Gasteiger partial charge < -0.3 is 9.47 Å². The Bertz CT molecular complexity index is 1380. The van der Waals surface area contributed by atoms with E-state index in [2.05, 4.69) is 10.5 Å². The molecule has 6 nitrogen and oxygen atoms in total. The summed E-state index contributed by atoms with van der Waals surface area (Å²) < 4.78 is 11.2. The van der Waals surface area contributed by atoms with Gasteiger partial charge in [-0.2, -0.15) is 5.10 Å². The Labute approximate surface area is 208 Å². The normalized spacial score (nSPS) is 10.9. The van der Waals surface area contributed by atoms with Gasteiger partial charge in [-0.1, -0.05) is 61.0 Å². The van der Waals surface area contributed by atoms with Crippen LogP contribution in [0.2, 0.25) is 5.02 Å². The first kappa shape index (κ1) is 24.0. The van der Waals surface area contributed by atoms with E-state index in [1.165, 1.54) is 6.21 Å². The molecule has 0 heterocycles. The molecule has 1 amide bonds. The maximum Gasteiger partial charge on any atom is 0.345 e. The molecule has 0 atom stereocenters. The summed E-state index contributed by atoms with van der Waals surface area (Å²) in [5, 5.41) is 6.17. The predicted octanol–water partition coefficient (Wildman–Crippen LogP) is 6.27. The number of carbonyl (C=O) groups excluding carboxylic acids is 2. The van der Waals surface area contributed by atoms with E-state index in [1.54, 1.807) is 54.6 Å². The molecule has 0 spiro atoms. The number of hydrogen-bond donors (Lipinski definition) is 1. The van der Waals surface area contributed by atoms with Crippen LogP contribution in [0, 0.1) is 0 Å². The lowest BCUT2D eigenvalue weighted by molar-refractivity contribution is 0.0734. The van der Waals surface area contributed by atoms with Gasteiger partial charge in [0.1, 0.15) is 11.5 Å². The number of carbonyl (C=O) groups is 2. The van der Waals surface area contributed by atoms with Gasteiger partial charge >= 0.3 is 5.97 Å². The number of halogens is 1. The zero-order valence-electron chi connectivity index (χ0n) is 19.0. The molecule has 0 aliphatic rings. The average Bonchev–Trinajstić information content (AvgIpc) is 2.89. The molecule has 0 unspecified atom stereocenters. The Kier molecular flexibility index (Phi) is 7.75.